The van der Waals surface area contributed by atoms with Gasteiger partial charge in [0.25, 0.3) is 0 Å². The zero-order chi connectivity index (χ0) is 7.68. The standard InChI is InChI=1S/C10H18O/c11-7-9-5-1-3-8-4-2-6-10(8)9/h8-11H,1-7H2/t8-,9+,10+/m0/s1. The van der Waals surface area contributed by atoms with Gasteiger partial charge in [0.2, 0.25) is 0 Å². The summed E-state index contributed by atoms with van der Waals surface area (Å²) >= 11 is 0. The summed E-state index contributed by atoms with van der Waals surface area (Å²) < 4.78 is 0. The molecular formula is C10H18O. The molecule has 0 heterocycles. The molecule has 0 spiro atoms. The van der Waals surface area contributed by atoms with E-state index in [0.29, 0.717) is 12.5 Å². The first-order valence-electron chi connectivity index (χ1n) is 5.02. The van der Waals surface area contributed by atoms with Crippen molar-refractivity contribution < 1.29 is 5.11 Å². The topological polar surface area (TPSA) is 20.2 Å². The Hall–Kier alpha value is -0.0400. The van der Waals surface area contributed by atoms with Crippen LogP contribution in [0.5, 0.6) is 0 Å². The van der Waals surface area contributed by atoms with Crippen LogP contribution in [0.15, 0.2) is 0 Å². The molecule has 0 aliphatic heterocycles. The molecule has 64 valence electrons. The molecule has 0 bridgehead atoms. The van der Waals surface area contributed by atoms with Gasteiger partial charge in [-0.25, -0.2) is 0 Å². The van der Waals surface area contributed by atoms with Gasteiger partial charge in [-0.2, -0.15) is 0 Å². The SMILES string of the molecule is OC[C@H]1CCC[C@H]2CCC[C@H]21. The number of rotatable bonds is 1. The van der Waals surface area contributed by atoms with E-state index in [1.165, 1.54) is 38.5 Å². The van der Waals surface area contributed by atoms with Crippen LogP contribution >= 0.6 is 0 Å². The molecule has 2 fully saturated rings. The Labute approximate surface area is 68.8 Å². The molecule has 0 aromatic heterocycles. The summed E-state index contributed by atoms with van der Waals surface area (Å²) in [5.41, 5.74) is 0. The third-order valence-corrected chi connectivity index (χ3v) is 3.71. The second-order valence-corrected chi connectivity index (χ2v) is 4.23. The fourth-order valence-corrected chi connectivity index (χ4v) is 3.13. The van der Waals surface area contributed by atoms with Crippen LogP contribution in [0.4, 0.5) is 0 Å². The molecule has 2 aliphatic carbocycles. The lowest BCUT2D eigenvalue weighted by Crippen LogP contribution is -2.26. The lowest BCUT2D eigenvalue weighted by molar-refractivity contribution is 0.108. The highest BCUT2D eigenvalue weighted by atomic mass is 16.3. The zero-order valence-electron chi connectivity index (χ0n) is 7.13. The van der Waals surface area contributed by atoms with Crippen molar-refractivity contribution in [2.24, 2.45) is 17.8 Å². The van der Waals surface area contributed by atoms with Crippen LogP contribution < -0.4 is 0 Å². The Morgan fingerprint density at radius 1 is 1.00 bits per heavy atom. The zero-order valence-corrected chi connectivity index (χ0v) is 7.13. The van der Waals surface area contributed by atoms with Crippen LogP contribution in [-0.4, -0.2) is 11.7 Å². The first kappa shape index (κ1) is 7.60. The molecule has 0 saturated heterocycles. The maximum absolute atomic E-state index is 9.14. The highest BCUT2D eigenvalue weighted by molar-refractivity contribution is 4.86. The van der Waals surface area contributed by atoms with E-state index < -0.39 is 0 Å². The lowest BCUT2D eigenvalue weighted by Gasteiger charge is -2.32. The summed E-state index contributed by atoms with van der Waals surface area (Å²) in [5, 5.41) is 9.14. The number of hydrogen-bond donors (Lipinski definition) is 1. The van der Waals surface area contributed by atoms with Crippen molar-refractivity contribution in [2.75, 3.05) is 6.61 Å². The Bertz CT molecular complexity index is 133. The molecule has 1 N–H and O–H groups in total. The predicted octanol–water partition coefficient (Wildman–Crippen LogP) is 2.20. The highest BCUT2D eigenvalue weighted by Gasteiger charge is 2.35. The number of aliphatic hydroxyl groups excluding tert-OH is 1. The molecule has 2 rings (SSSR count). The maximum atomic E-state index is 9.14. The van der Waals surface area contributed by atoms with Gasteiger partial charge in [0, 0.05) is 6.61 Å². The fraction of sp³-hybridized carbons (Fsp3) is 1.00. The first-order chi connectivity index (χ1) is 5.42. The number of aliphatic hydroxyl groups is 1. The van der Waals surface area contributed by atoms with Crippen LogP contribution in [0, 0.1) is 17.8 Å². The lowest BCUT2D eigenvalue weighted by atomic mass is 9.74. The van der Waals surface area contributed by atoms with Crippen molar-refractivity contribution in [3.05, 3.63) is 0 Å². The molecular weight excluding hydrogens is 136 g/mol. The van der Waals surface area contributed by atoms with E-state index >= 15 is 0 Å². The molecule has 1 nitrogen and oxygen atoms in total. The number of hydrogen-bond acceptors (Lipinski definition) is 1. The summed E-state index contributed by atoms with van der Waals surface area (Å²) in [7, 11) is 0. The third-order valence-electron chi connectivity index (χ3n) is 3.71. The van der Waals surface area contributed by atoms with Gasteiger partial charge in [-0.15, -0.1) is 0 Å². The smallest absolute Gasteiger partial charge is 0.0462 e. The van der Waals surface area contributed by atoms with Gasteiger partial charge < -0.3 is 5.11 Å². The minimum absolute atomic E-state index is 0.446. The summed E-state index contributed by atoms with van der Waals surface area (Å²) in [5.74, 6) is 2.55. The van der Waals surface area contributed by atoms with Crippen LogP contribution in [0.3, 0.4) is 0 Å². The summed E-state index contributed by atoms with van der Waals surface area (Å²) in [6.07, 6.45) is 8.37. The molecule has 0 aromatic carbocycles. The Morgan fingerprint density at radius 3 is 2.45 bits per heavy atom. The average molecular weight is 154 g/mol. The van der Waals surface area contributed by atoms with E-state index in [1.807, 2.05) is 0 Å². The van der Waals surface area contributed by atoms with Gasteiger partial charge >= 0.3 is 0 Å². The van der Waals surface area contributed by atoms with Gasteiger partial charge in [-0.05, 0) is 30.6 Å². The molecule has 3 atom stereocenters. The third kappa shape index (κ3) is 1.31. The summed E-state index contributed by atoms with van der Waals surface area (Å²) in [6.45, 7) is 0.446. The van der Waals surface area contributed by atoms with Crippen molar-refractivity contribution in [3.63, 3.8) is 0 Å². The Kier molecular flexibility index (Phi) is 2.17. The fourth-order valence-electron chi connectivity index (χ4n) is 3.13. The van der Waals surface area contributed by atoms with E-state index in [9.17, 15) is 0 Å². The Morgan fingerprint density at radius 2 is 1.73 bits per heavy atom. The van der Waals surface area contributed by atoms with E-state index in [4.69, 9.17) is 5.11 Å². The first-order valence-corrected chi connectivity index (χ1v) is 5.02. The maximum Gasteiger partial charge on any atom is 0.0462 e. The molecule has 2 aliphatic rings. The van der Waals surface area contributed by atoms with E-state index in [-0.39, 0.29) is 0 Å². The van der Waals surface area contributed by atoms with E-state index in [0.717, 1.165) is 11.8 Å². The van der Waals surface area contributed by atoms with Crippen molar-refractivity contribution in [3.8, 4) is 0 Å². The summed E-state index contributed by atoms with van der Waals surface area (Å²) in [4.78, 5) is 0. The van der Waals surface area contributed by atoms with Crippen LogP contribution in [0.1, 0.15) is 38.5 Å². The van der Waals surface area contributed by atoms with Crippen LogP contribution in [0.2, 0.25) is 0 Å². The van der Waals surface area contributed by atoms with Gasteiger partial charge in [0.05, 0.1) is 0 Å². The second-order valence-electron chi connectivity index (χ2n) is 4.23. The van der Waals surface area contributed by atoms with Crippen molar-refractivity contribution in [1.29, 1.82) is 0 Å². The molecule has 0 amide bonds. The normalized spacial score (nSPS) is 43.9. The van der Waals surface area contributed by atoms with Gasteiger partial charge in [-0.1, -0.05) is 25.7 Å². The monoisotopic (exact) mass is 154 g/mol. The minimum Gasteiger partial charge on any atom is -0.396 e. The Balaban J connectivity index is 2.00. The minimum atomic E-state index is 0.446. The molecule has 11 heavy (non-hydrogen) atoms. The van der Waals surface area contributed by atoms with Gasteiger partial charge in [0.1, 0.15) is 0 Å². The highest BCUT2D eigenvalue weighted by Crippen LogP contribution is 2.44. The quantitative estimate of drug-likeness (QED) is 0.614. The largest absolute Gasteiger partial charge is 0.396 e. The van der Waals surface area contributed by atoms with E-state index in [2.05, 4.69) is 0 Å². The van der Waals surface area contributed by atoms with Crippen LogP contribution in [0.25, 0.3) is 0 Å². The van der Waals surface area contributed by atoms with Gasteiger partial charge in [0.15, 0.2) is 0 Å². The molecule has 1 heteroatoms. The van der Waals surface area contributed by atoms with Crippen molar-refractivity contribution >= 4 is 0 Å². The predicted molar refractivity (Wildman–Crippen MR) is 45.3 cm³/mol. The molecule has 0 unspecified atom stereocenters. The average Bonchev–Trinajstić information content (AvgIpc) is 2.50. The molecule has 0 radical (unpaired) electrons. The number of fused-ring (bicyclic) bond motifs is 1. The van der Waals surface area contributed by atoms with Gasteiger partial charge in [-0.3, -0.25) is 0 Å². The van der Waals surface area contributed by atoms with E-state index in [1.54, 1.807) is 0 Å². The molecule has 2 saturated carbocycles. The van der Waals surface area contributed by atoms with Crippen molar-refractivity contribution in [2.45, 2.75) is 38.5 Å². The van der Waals surface area contributed by atoms with Crippen LogP contribution in [-0.2, 0) is 0 Å². The summed E-state index contributed by atoms with van der Waals surface area (Å²) in [6, 6.07) is 0. The second kappa shape index (κ2) is 3.14. The van der Waals surface area contributed by atoms with Crippen molar-refractivity contribution in [1.82, 2.24) is 0 Å². The molecule has 0 aromatic rings.